The summed E-state index contributed by atoms with van der Waals surface area (Å²) in [4.78, 5) is 2.17. The molecule has 0 aromatic carbocycles. The Morgan fingerprint density at radius 3 is 2.63 bits per heavy atom. The lowest BCUT2D eigenvalue weighted by Gasteiger charge is -2.27. The average Bonchev–Trinajstić information content (AvgIpc) is 2.77. The fraction of sp³-hybridized carbons (Fsp3) is 0.786. The highest BCUT2D eigenvalue weighted by Crippen LogP contribution is 2.33. The molecule has 1 N–H and O–H groups in total. The van der Waals surface area contributed by atoms with Gasteiger partial charge < -0.3 is 15.0 Å². The third-order valence-corrected chi connectivity index (χ3v) is 3.43. The third-order valence-electron chi connectivity index (χ3n) is 3.43. The first-order valence-corrected chi connectivity index (χ1v) is 6.82. The minimum atomic E-state index is 0.0389. The number of likely N-dealkylation sites (N-methyl/N-ethyl adjacent to an activating group) is 1. The smallest absolute Gasteiger partial charge is 0.160 e. The predicted octanol–water partition coefficient (Wildman–Crippen LogP) is 1.34. The van der Waals surface area contributed by atoms with Crippen LogP contribution in [0.5, 0.6) is 5.75 Å². The number of aromatic nitrogens is 2. The van der Waals surface area contributed by atoms with Crippen LogP contribution >= 0.6 is 0 Å². The van der Waals surface area contributed by atoms with Crippen LogP contribution in [0, 0.1) is 0 Å². The van der Waals surface area contributed by atoms with Gasteiger partial charge in [0.25, 0.3) is 0 Å². The van der Waals surface area contributed by atoms with E-state index in [9.17, 15) is 0 Å². The van der Waals surface area contributed by atoms with Gasteiger partial charge in [-0.25, -0.2) is 0 Å². The zero-order valence-corrected chi connectivity index (χ0v) is 13.2. The monoisotopic (exact) mass is 268 g/mol. The number of nitrogens with zero attached hydrogens (tertiary/aromatic N) is 3. The van der Waals surface area contributed by atoms with E-state index in [0.29, 0.717) is 0 Å². The number of hydrogen-bond acceptors (Lipinski definition) is 4. The first-order valence-electron chi connectivity index (χ1n) is 6.82. The second-order valence-corrected chi connectivity index (χ2v) is 5.83. The predicted molar refractivity (Wildman–Crippen MR) is 78.9 cm³/mol. The van der Waals surface area contributed by atoms with Crippen LogP contribution < -0.4 is 10.1 Å². The summed E-state index contributed by atoms with van der Waals surface area (Å²) >= 11 is 0. The van der Waals surface area contributed by atoms with Crippen molar-refractivity contribution >= 4 is 0 Å². The summed E-state index contributed by atoms with van der Waals surface area (Å²) in [6, 6.07) is 0. The number of hydrogen-bond donors (Lipinski definition) is 1. The van der Waals surface area contributed by atoms with Crippen molar-refractivity contribution < 1.29 is 4.74 Å². The zero-order chi connectivity index (χ0) is 14.5. The Morgan fingerprint density at radius 1 is 1.42 bits per heavy atom. The van der Waals surface area contributed by atoms with E-state index in [-0.39, 0.29) is 5.41 Å². The molecule has 0 aliphatic rings. The lowest BCUT2D eigenvalue weighted by atomic mass is 9.85. The SMILES string of the molecule is CNCCC(C)(C)c1c(OC)cnn1CCN(C)C. The summed E-state index contributed by atoms with van der Waals surface area (Å²) in [6.07, 6.45) is 2.87. The second-order valence-electron chi connectivity index (χ2n) is 5.83. The molecule has 0 aliphatic heterocycles. The van der Waals surface area contributed by atoms with Gasteiger partial charge in [0.1, 0.15) is 0 Å². The highest BCUT2D eigenvalue weighted by atomic mass is 16.5. The molecule has 1 aromatic rings. The maximum Gasteiger partial charge on any atom is 0.160 e. The topological polar surface area (TPSA) is 42.3 Å². The van der Waals surface area contributed by atoms with E-state index < -0.39 is 0 Å². The molecule has 5 nitrogen and oxygen atoms in total. The molecule has 0 spiro atoms. The van der Waals surface area contributed by atoms with Crippen molar-refractivity contribution in [2.24, 2.45) is 0 Å². The Kier molecular flexibility index (Phi) is 5.82. The van der Waals surface area contributed by atoms with E-state index in [0.717, 1.165) is 31.8 Å². The van der Waals surface area contributed by atoms with Crippen LogP contribution in [0.25, 0.3) is 0 Å². The van der Waals surface area contributed by atoms with Crippen molar-refractivity contribution in [3.05, 3.63) is 11.9 Å². The summed E-state index contributed by atoms with van der Waals surface area (Å²) in [6.45, 7) is 7.33. The van der Waals surface area contributed by atoms with Gasteiger partial charge in [0.15, 0.2) is 5.75 Å². The van der Waals surface area contributed by atoms with Crippen LogP contribution in [-0.4, -0.2) is 56.0 Å². The number of methoxy groups -OCH3 is 1. The van der Waals surface area contributed by atoms with Crippen molar-refractivity contribution in [1.29, 1.82) is 0 Å². The van der Waals surface area contributed by atoms with Gasteiger partial charge in [-0.2, -0.15) is 5.10 Å². The number of rotatable bonds is 8. The number of ether oxygens (including phenoxy) is 1. The molecule has 0 radical (unpaired) electrons. The van der Waals surface area contributed by atoms with Crippen molar-refractivity contribution in [2.45, 2.75) is 32.2 Å². The van der Waals surface area contributed by atoms with Crippen LogP contribution in [0.3, 0.4) is 0 Å². The lowest BCUT2D eigenvalue weighted by molar-refractivity contribution is 0.338. The van der Waals surface area contributed by atoms with Crippen molar-refractivity contribution in [2.75, 3.05) is 41.3 Å². The Balaban J connectivity index is 2.97. The molecule has 0 unspecified atom stereocenters. The van der Waals surface area contributed by atoms with E-state index in [1.165, 1.54) is 5.69 Å². The molecular formula is C14H28N4O. The molecule has 5 heteroatoms. The molecule has 0 amide bonds. The highest BCUT2D eigenvalue weighted by Gasteiger charge is 2.28. The molecule has 1 aromatic heterocycles. The lowest BCUT2D eigenvalue weighted by Crippen LogP contribution is -2.29. The quantitative estimate of drug-likeness (QED) is 0.772. The van der Waals surface area contributed by atoms with E-state index in [4.69, 9.17) is 4.74 Å². The minimum Gasteiger partial charge on any atom is -0.493 e. The summed E-state index contributed by atoms with van der Waals surface area (Å²) in [5.74, 6) is 0.889. The first-order chi connectivity index (χ1) is 8.92. The van der Waals surface area contributed by atoms with Gasteiger partial charge in [-0.3, -0.25) is 4.68 Å². The van der Waals surface area contributed by atoms with Gasteiger partial charge in [0.2, 0.25) is 0 Å². The standard InChI is InChI=1S/C14H28N4O/c1-14(2,7-8-15-3)13-12(19-6)11-16-18(13)10-9-17(4)5/h11,15H,7-10H2,1-6H3. The average molecular weight is 268 g/mol. The summed E-state index contributed by atoms with van der Waals surface area (Å²) in [7, 11) is 7.85. The fourth-order valence-corrected chi connectivity index (χ4v) is 2.22. The van der Waals surface area contributed by atoms with Gasteiger partial charge in [-0.1, -0.05) is 13.8 Å². The molecule has 0 atom stereocenters. The molecule has 0 saturated heterocycles. The minimum absolute atomic E-state index is 0.0389. The molecule has 110 valence electrons. The largest absolute Gasteiger partial charge is 0.493 e. The number of nitrogens with one attached hydrogen (secondary N) is 1. The molecule has 0 bridgehead atoms. The Bertz CT molecular complexity index is 385. The van der Waals surface area contributed by atoms with Gasteiger partial charge >= 0.3 is 0 Å². The summed E-state index contributed by atoms with van der Waals surface area (Å²) in [5.41, 5.74) is 1.23. The normalized spacial score (nSPS) is 12.2. The Labute approximate surface area is 116 Å². The van der Waals surface area contributed by atoms with Crippen molar-refractivity contribution in [1.82, 2.24) is 20.0 Å². The van der Waals surface area contributed by atoms with Gasteiger partial charge in [0.05, 0.1) is 25.5 Å². The van der Waals surface area contributed by atoms with Gasteiger partial charge in [-0.05, 0) is 34.1 Å². The fourth-order valence-electron chi connectivity index (χ4n) is 2.22. The van der Waals surface area contributed by atoms with Crippen molar-refractivity contribution in [3.8, 4) is 5.75 Å². The van der Waals surface area contributed by atoms with Crippen LogP contribution in [0.1, 0.15) is 26.0 Å². The van der Waals surface area contributed by atoms with Crippen LogP contribution in [0.4, 0.5) is 0 Å². The van der Waals surface area contributed by atoms with Gasteiger partial charge in [0, 0.05) is 12.0 Å². The van der Waals surface area contributed by atoms with Crippen LogP contribution in [0.2, 0.25) is 0 Å². The van der Waals surface area contributed by atoms with E-state index in [1.54, 1.807) is 7.11 Å². The highest BCUT2D eigenvalue weighted by molar-refractivity contribution is 5.31. The summed E-state index contributed by atoms with van der Waals surface area (Å²) < 4.78 is 7.56. The molecule has 0 fully saturated rings. The van der Waals surface area contributed by atoms with Gasteiger partial charge in [-0.15, -0.1) is 0 Å². The molecule has 19 heavy (non-hydrogen) atoms. The second kappa shape index (κ2) is 6.91. The van der Waals surface area contributed by atoms with E-state index in [1.807, 2.05) is 13.2 Å². The molecule has 1 rings (SSSR count). The molecule has 1 heterocycles. The summed E-state index contributed by atoms with van der Waals surface area (Å²) in [5, 5.41) is 7.69. The molecular weight excluding hydrogens is 240 g/mol. The van der Waals surface area contributed by atoms with E-state index >= 15 is 0 Å². The maximum absolute atomic E-state index is 5.48. The van der Waals surface area contributed by atoms with Crippen LogP contribution in [0.15, 0.2) is 6.20 Å². The third kappa shape index (κ3) is 4.21. The molecule has 0 aliphatic carbocycles. The zero-order valence-electron chi connectivity index (χ0n) is 13.2. The Hall–Kier alpha value is -1.07. The van der Waals surface area contributed by atoms with Crippen molar-refractivity contribution in [3.63, 3.8) is 0 Å². The first kappa shape index (κ1) is 16.0. The van der Waals surface area contributed by atoms with E-state index in [2.05, 4.69) is 47.9 Å². The molecule has 0 saturated carbocycles. The van der Waals surface area contributed by atoms with Crippen LogP contribution in [-0.2, 0) is 12.0 Å². The maximum atomic E-state index is 5.48. The Morgan fingerprint density at radius 2 is 2.11 bits per heavy atom.